The van der Waals surface area contributed by atoms with Crippen LogP contribution in [-0.2, 0) is 4.79 Å². The molecule has 3 heteroatoms. The Morgan fingerprint density at radius 2 is 2.33 bits per heavy atom. The van der Waals surface area contributed by atoms with Crippen LogP contribution in [0, 0.1) is 11.8 Å². The van der Waals surface area contributed by atoms with Gasteiger partial charge in [0.05, 0.1) is 10.8 Å². The topological polar surface area (TPSA) is 29.4 Å². The number of carbonyl (C=O) groups excluding carboxylic acids is 1. The molecule has 1 fully saturated rings. The summed E-state index contributed by atoms with van der Waals surface area (Å²) in [7, 11) is 0. The van der Waals surface area contributed by atoms with Crippen LogP contribution in [0.1, 0.15) is 26.2 Å². The lowest BCUT2D eigenvalue weighted by molar-refractivity contribution is -0.115. The van der Waals surface area contributed by atoms with Crippen molar-refractivity contribution in [1.29, 1.82) is 0 Å². The van der Waals surface area contributed by atoms with Gasteiger partial charge in [0.15, 0.2) is 0 Å². The van der Waals surface area contributed by atoms with Crippen LogP contribution >= 0.6 is 11.8 Å². The summed E-state index contributed by atoms with van der Waals surface area (Å²) in [5.74, 6) is 2.08. The minimum Gasteiger partial charge on any atom is -0.272 e. The molecule has 0 spiro atoms. The zero-order valence-electron chi connectivity index (χ0n) is 7.25. The predicted octanol–water partition coefficient (Wildman–Crippen LogP) is 2.09. The van der Waals surface area contributed by atoms with Gasteiger partial charge in [-0.15, -0.1) is 11.8 Å². The van der Waals surface area contributed by atoms with Crippen LogP contribution in [0.15, 0.2) is 4.99 Å². The van der Waals surface area contributed by atoms with Gasteiger partial charge in [-0.3, -0.25) is 4.79 Å². The minimum absolute atomic E-state index is 0.0644. The molecule has 0 radical (unpaired) electrons. The first kappa shape index (κ1) is 8.30. The van der Waals surface area contributed by atoms with Crippen LogP contribution in [0.3, 0.4) is 0 Å². The van der Waals surface area contributed by atoms with Gasteiger partial charge < -0.3 is 0 Å². The van der Waals surface area contributed by atoms with Gasteiger partial charge in [0.25, 0.3) is 5.91 Å². The summed E-state index contributed by atoms with van der Waals surface area (Å²) in [4.78, 5) is 14.9. The molecule has 1 aliphatic heterocycles. The van der Waals surface area contributed by atoms with E-state index in [0.29, 0.717) is 11.7 Å². The Labute approximate surface area is 76.8 Å². The quantitative estimate of drug-likeness (QED) is 0.623. The molecule has 2 unspecified atom stereocenters. The molecule has 0 aromatic heterocycles. The van der Waals surface area contributed by atoms with Gasteiger partial charge in [0.1, 0.15) is 0 Å². The summed E-state index contributed by atoms with van der Waals surface area (Å²) in [5.41, 5.74) is 0. The smallest absolute Gasteiger partial charge is 0.256 e. The lowest BCUT2D eigenvalue weighted by atomic mass is 10.1. The maximum absolute atomic E-state index is 10.9. The first-order valence-corrected chi connectivity index (χ1v) is 5.48. The second kappa shape index (κ2) is 3.21. The Hall–Kier alpha value is -0.310. The van der Waals surface area contributed by atoms with Crippen LogP contribution in [0.5, 0.6) is 0 Å². The molecule has 1 aliphatic carbocycles. The van der Waals surface area contributed by atoms with E-state index < -0.39 is 0 Å². The van der Waals surface area contributed by atoms with Gasteiger partial charge in [0, 0.05) is 5.92 Å². The van der Waals surface area contributed by atoms with E-state index >= 15 is 0 Å². The number of nitrogens with zero attached hydrogens (tertiary/aromatic N) is 1. The molecule has 1 heterocycles. The van der Waals surface area contributed by atoms with E-state index in [-0.39, 0.29) is 5.91 Å². The lowest BCUT2D eigenvalue weighted by Crippen LogP contribution is -2.04. The van der Waals surface area contributed by atoms with E-state index in [0.717, 1.165) is 11.0 Å². The number of thioether (sulfide) groups is 1. The summed E-state index contributed by atoms with van der Waals surface area (Å²) in [5, 5.41) is 1.12. The second-order valence-electron chi connectivity index (χ2n) is 3.75. The molecule has 66 valence electrons. The van der Waals surface area contributed by atoms with Crippen LogP contribution in [-0.4, -0.2) is 16.7 Å². The molecule has 2 atom stereocenters. The Morgan fingerprint density at radius 1 is 1.50 bits per heavy atom. The van der Waals surface area contributed by atoms with Crippen molar-refractivity contribution in [3.63, 3.8) is 0 Å². The van der Waals surface area contributed by atoms with Crippen molar-refractivity contribution in [2.24, 2.45) is 16.8 Å². The van der Waals surface area contributed by atoms with E-state index in [2.05, 4.69) is 11.9 Å². The monoisotopic (exact) mass is 183 g/mol. The van der Waals surface area contributed by atoms with Crippen LogP contribution in [0.4, 0.5) is 0 Å². The van der Waals surface area contributed by atoms with E-state index in [1.54, 1.807) is 11.8 Å². The standard InChI is InChI=1S/C9H13NOS/c1-6-2-3-7(4-6)9-10-8(11)5-12-9/h6-7H,2-5H2,1H3. The average molecular weight is 183 g/mol. The SMILES string of the molecule is CC1CCC(C2=NC(=O)CS2)C1. The van der Waals surface area contributed by atoms with Crippen molar-refractivity contribution in [3.05, 3.63) is 0 Å². The van der Waals surface area contributed by atoms with Crippen molar-refractivity contribution in [1.82, 2.24) is 0 Å². The number of hydrogen-bond acceptors (Lipinski definition) is 2. The predicted molar refractivity (Wildman–Crippen MR) is 51.4 cm³/mol. The molecular weight excluding hydrogens is 170 g/mol. The van der Waals surface area contributed by atoms with Gasteiger partial charge in [0.2, 0.25) is 0 Å². The molecule has 2 rings (SSSR count). The number of amides is 1. The van der Waals surface area contributed by atoms with Gasteiger partial charge in [-0.2, -0.15) is 0 Å². The van der Waals surface area contributed by atoms with Gasteiger partial charge in [-0.05, 0) is 18.8 Å². The Morgan fingerprint density at radius 3 is 2.83 bits per heavy atom. The van der Waals surface area contributed by atoms with Gasteiger partial charge in [-0.1, -0.05) is 13.3 Å². The summed E-state index contributed by atoms with van der Waals surface area (Å²) in [6, 6.07) is 0. The fourth-order valence-corrected chi connectivity index (χ4v) is 2.92. The van der Waals surface area contributed by atoms with E-state index in [9.17, 15) is 4.79 Å². The average Bonchev–Trinajstić information content (AvgIpc) is 2.58. The fraction of sp³-hybridized carbons (Fsp3) is 0.778. The molecule has 0 bridgehead atoms. The molecule has 2 aliphatic rings. The van der Waals surface area contributed by atoms with Crippen molar-refractivity contribution < 1.29 is 4.79 Å². The molecule has 1 amide bonds. The van der Waals surface area contributed by atoms with Crippen LogP contribution in [0.25, 0.3) is 0 Å². The zero-order valence-corrected chi connectivity index (χ0v) is 8.06. The van der Waals surface area contributed by atoms with Gasteiger partial charge in [-0.25, -0.2) is 4.99 Å². The van der Waals surface area contributed by atoms with E-state index in [4.69, 9.17) is 0 Å². The lowest BCUT2D eigenvalue weighted by Gasteiger charge is -2.06. The third kappa shape index (κ3) is 1.56. The molecule has 1 saturated carbocycles. The number of hydrogen-bond donors (Lipinski definition) is 0. The maximum atomic E-state index is 10.9. The van der Waals surface area contributed by atoms with E-state index in [1.165, 1.54) is 19.3 Å². The molecular formula is C9H13NOS. The molecule has 0 aromatic rings. The maximum Gasteiger partial charge on any atom is 0.256 e. The molecule has 2 nitrogen and oxygen atoms in total. The highest BCUT2D eigenvalue weighted by Gasteiger charge is 2.29. The molecule has 0 aromatic carbocycles. The van der Waals surface area contributed by atoms with Crippen molar-refractivity contribution in [3.8, 4) is 0 Å². The van der Waals surface area contributed by atoms with E-state index in [1.807, 2.05) is 0 Å². The first-order valence-electron chi connectivity index (χ1n) is 4.50. The van der Waals surface area contributed by atoms with Crippen LogP contribution in [0.2, 0.25) is 0 Å². The molecule has 0 saturated heterocycles. The number of rotatable bonds is 1. The summed E-state index contributed by atoms with van der Waals surface area (Å²) >= 11 is 1.65. The molecule has 12 heavy (non-hydrogen) atoms. The Kier molecular flexibility index (Phi) is 2.22. The largest absolute Gasteiger partial charge is 0.272 e. The third-order valence-corrected chi connectivity index (χ3v) is 3.73. The fourth-order valence-electron chi connectivity index (χ4n) is 1.96. The first-order chi connectivity index (χ1) is 5.75. The summed E-state index contributed by atoms with van der Waals surface area (Å²) in [6.45, 7) is 2.28. The zero-order chi connectivity index (χ0) is 8.55. The summed E-state index contributed by atoms with van der Waals surface area (Å²) in [6.07, 6.45) is 3.78. The van der Waals surface area contributed by atoms with Crippen molar-refractivity contribution in [2.45, 2.75) is 26.2 Å². The highest BCUT2D eigenvalue weighted by atomic mass is 32.2. The minimum atomic E-state index is 0.0644. The second-order valence-corrected chi connectivity index (χ2v) is 4.74. The third-order valence-electron chi connectivity index (χ3n) is 2.62. The van der Waals surface area contributed by atoms with Crippen molar-refractivity contribution >= 4 is 22.7 Å². The number of aliphatic imine (C=N–C) groups is 1. The van der Waals surface area contributed by atoms with Gasteiger partial charge >= 0.3 is 0 Å². The number of carbonyl (C=O) groups is 1. The van der Waals surface area contributed by atoms with Crippen molar-refractivity contribution in [2.75, 3.05) is 5.75 Å². The molecule has 0 N–H and O–H groups in total. The summed E-state index contributed by atoms with van der Waals surface area (Å²) < 4.78 is 0. The highest BCUT2D eigenvalue weighted by Crippen LogP contribution is 2.35. The highest BCUT2D eigenvalue weighted by molar-refractivity contribution is 8.15. The van der Waals surface area contributed by atoms with Crippen LogP contribution < -0.4 is 0 Å². The Bertz CT molecular complexity index is 237. The normalized spacial score (nSPS) is 35.8. The Balaban J connectivity index is 2.01.